The van der Waals surface area contributed by atoms with E-state index in [2.05, 4.69) is 4.98 Å². The zero-order valence-electron chi connectivity index (χ0n) is 5.32. The Morgan fingerprint density at radius 2 is 2.30 bits per heavy atom. The van der Waals surface area contributed by atoms with Gasteiger partial charge in [-0.25, -0.2) is 4.79 Å². The molecule has 10 heavy (non-hydrogen) atoms. The largest absolute Gasteiger partial charge is 0.478 e. The van der Waals surface area contributed by atoms with Crippen LogP contribution in [0.1, 0.15) is 10.4 Å². The van der Waals surface area contributed by atoms with Gasteiger partial charge in [0.1, 0.15) is 0 Å². The van der Waals surface area contributed by atoms with Crippen molar-refractivity contribution in [2.45, 2.75) is 0 Å². The summed E-state index contributed by atoms with van der Waals surface area (Å²) in [6.07, 6.45) is 2.84. The molecule has 0 aliphatic heterocycles. The van der Waals surface area contributed by atoms with Gasteiger partial charge in [-0.2, -0.15) is 9.90 Å². The van der Waals surface area contributed by atoms with Gasteiger partial charge < -0.3 is 5.11 Å². The molecule has 0 amide bonds. The van der Waals surface area contributed by atoms with Crippen LogP contribution in [0.5, 0.6) is 0 Å². The van der Waals surface area contributed by atoms with E-state index in [1.165, 1.54) is 18.5 Å². The molecule has 1 heterocycles. The molecule has 1 N–H and O–H groups in total. The standard InChI is InChI=1S/C6H5NO2.H3P/c8-6(9)5-2-1-3-7-4-5;/h1-4H,(H,8,9);1H3. The van der Waals surface area contributed by atoms with Crippen molar-refractivity contribution >= 4 is 15.9 Å². The Balaban J connectivity index is 0.000000810. The van der Waals surface area contributed by atoms with E-state index in [1.807, 2.05) is 0 Å². The van der Waals surface area contributed by atoms with Crippen LogP contribution in [0.15, 0.2) is 24.5 Å². The first-order chi connectivity index (χ1) is 4.30. The Morgan fingerprint density at radius 3 is 2.60 bits per heavy atom. The molecule has 4 heteroatoms. The summed E-state index contributed by atoms with van der Waals surface area (Å²) in [5, 5.41) is 8.34. The summed E-state index contributed by atoms with van der Waals surface area (Å²) in [5.74, 6) is -0.942. The maximum absolute atomic E-state index is 10.2. The molecule has 0 aliphatic carbocycles. The first kappa shape index (κ1) is 9.05. The lowest BCUT2D eigenvalue weighted by atomic mass is 10.3. The van der Waals surface area contributed by atoms with Crippen LogP contribution in [-0.4, -0.2) is 16.1 Å². The smallest absolute Gasteiger partial charge is 0.337 e. The van der Waals surface area contributed by atoms with E-state index in [1.54, 1.807) is 6.07 Å². The van der Waals surface area contributed by atoms with Crippen LogP contribution in [0.4, 0.5) is 0 Å². The maximum Gasteiger partial charge on any atom is 0.337 e. The molecule has 0 bridgehead atoms. The third-order valence-corrected chi connectivity index (χ3v) is 0.908. The average molecular weight is 157 g/mol. The van der Waals surface area contributed by atoms with E-state index in [4.69, 9.17) is 5.11 Å². The Kier molecular flexibility index (Phi) is 3.59. The average Bonchev–Trinajstić information content (AvgIpc) is 1.90. The Labute approximate surface area is 61.7 Å². The topological polar surface area (TPSA) is 50.2 Å². The number of aromatic carboxylic acids is 1. The first-order valence-corrected chi connectivity index (χ1v) is 2.44. The molecule has 0 radical (unpaired) electrons. The minimum absolute atomic E-state index is 0. The summed E-state index contributed by atoms with van der Waals surface area (Å²) >= 11 is 0. The summed E-state index contributed by atoms with van der Waals surface area (Å²) in [4.78, 5) is 13.8. The summed E-state index contributed by atoms with van der Waals surface area (Å²) in [7, 11) is 0. The SMILES string of the molecule is O=C(O)c1cccnc1.P. The van der Waals surface area contributed by atoms with Crippen LogP contribution in [0.2, 0.25) is 0 Å². The summed E-state index contributed by atoms with van der Waals surface area (Å²) in [5.41, 5.74) is 0.220. The first-order valence-electron chi connectivity index (χ1n) is 2.44. The molecule has 0 spiro atoms. The van der Waals surface area contributed by atoms with Gasteiger partial charge in [-0.15, -0.1) is 0 Å². The van der Waals surface area contributed by atoms with Gasteiger partial charge in [-0.05, 0) is 12.1 Å². The summed E-state index contributed by atoms with van der Waals surface area (Å²) in [6.45, 7) is 0. The number of carbonyl (C=O) groups is 1. The van der Waals surface area contributed by atoms with Gasteiger partial charge in [0.2, 0.25) is 0 Å². The number of aromatic nitrogens is 1. The van der Waals surface area contributed by atoms with Crippen molar-refractivity contribution in [2.24, 2.45) is 0 Å². The van der Waals surface area contributed by atoms with Crippen molar-refractivity contribution in [2.75, 3.05) is 0 Å². The molecule has 1 atom stereocenters. The lowest BCUT2D eigenvalue weighted by molar-refractivity contribution is 0.0696. The van der Waals surface area contributed by atoms with Crippen molar-refractivity contribution < 1.29 is 9.90 Å². The number of pyridine rings is 1. The molecule has 1 aromatic heterocycles. The molecule has 0 saturated carbocycles. The van der Waals surface area contributed by atoms with E-state index in [0.717, 1.165) is 0 Å². The molecule has 0 saturated heterocycles. The van der Waals surface area contributed by atoms with Gasteiger partial charge in [0.15, 0.2) is 0 Å². The molecule has 3 nitrogen and oxygen atoms in total. The van der Waals surface area contributed by atoms with Crippen molar-refractivity contribution in [1.82, 2.24) is 4.98 Å². The van der Waals surface area contributed by atoms with E-state index >= 15 is 0 Å². The fraction of sp³-hybridized carbons (Fsp3) is 0. The summed E-state index contributed by atoms with van der Waals surface area (Å²) in [6, 6.07) is 3.08. The van der Waals surface area contributed by atoms with Crippen LogP contribution in [0, 0.1) is 0 Å². The highest BCUT2D eigenvalue weighted by molar-refractivity contribution is 6.92. The van der Waals surface area contributed by atoms with Gasteiger partial charge in [0.05, 0.1) is 5.56 Å². The van der Waals surface area contributed by atoms with Gasteiger partial charge in [-0.1, -0.05) is 0 Å². The highest BCUT2D eigenvalue weighted by Gasteiger charge is 1.97. The van der Waals surface area contributed by atoms with Crippen LogP contribution in [0.3, 0.4) is 0 Å². The van der Waals surface area contributed by atoms with Gasteiger partial charge in [-0.3, -0.25) is 4.98 Å². The van der Waals surface area contributed by atoms with Crippen molar-refractivity contribution in [3.8, 4) is 0 Å². The predicted octanol–water partition coefficient (Wildman–Crippen LogP) is 0.838. The van der Waals surface area contributed by atoms with Crippen LogP contribution >= 0.6 is 9.90 Å². The number of hydrogen-bond acceptors (Lipinski definition) is 2. The highest BCUT2D eigenvalue weighted by Crippen LogP contribution is 1.92. The van der Waals surface area contributed by atoms with Crippen molar-refractivity contribution in [1.29, 1.82) is 0 Å². The molecular weight excluding hydrogens is 149 g/mol. The number of nitrogens with zero attached hydrogens (tertiary/aromatic N) is 1. The number of carboxylic acid groups (broad SMARTS) is 1. The number of hydrogen-bond donors (Lipinski definition) is 1. The Morgan fingerprint density at radius 1 is 1.60 bits per heavy atom. The van der Waals surface area contributed by atoms with Crippen molar-refractivity contribution in [3.63, 3.8) is 0 Å². The van der Waals surface area contributed by atoms with Gasteiger partial charge in [0, 0.05) is 12.4 Å². The third-order valence-electron chi connectivity index (χ3n) is 0.908. The molecule has 0 aromatic carbocycles. The van der Waals surface area contributed by atoms with Gasteiger partial charge in [0.25, 0.3) is 0 Å². The molecule has 0 aliphatic rings. The van der Waals surface area contributed by atoms with Crippen LogP contribution < -0.4 is 0 Å². The fourth-order valence-corrected chi connectivity index (χ4v) is 0.489. The number of carboxylic acids is 1. The highest BCUT2D eigenvalue weighted by atomic mass is 31.0. The van der Waals surface area contributed by atoms with Crippen LogP contribution in [0.25, 0.3) is 0 Å². The molecule has 0 fully saturated rings. The molecule has 1 aromatic rings. The number of rotatable bonds is 1. The van der Waals surface area contributed by atoms with E-state index in [9.17, 15) is 4.79 Å². The quantitative estimate of drug-likeness (QED) is 0.614. The Bertz CT molecular complexity index is 212. The lowest BCUT2D eigenvalue weighted by Gasteiger charge is -1.87. The molecule has 54 valence electrons. The second-order valence-corrected chi connectivity index (χ2v) is 1.55. The Hall–Kier alpha value is -0.950. The van der Waals surface area contributed by atoms with Gasteiger partial charge >= 0.3 is 5.97 Å². The zero-order chi connectivity index (χ0) is 6.69. The normalized spacial score (nSPS) is 8.00. The molecular formula is C6H8NO2P. The lowest BCUT2D eigenvalue weighted by Crippen LogP contribution is -1.94. The van der Waals surface area contributed by atoms with Crippen molar-refractivity contribution in [3.05, 3.63) is 30.1 Å². The zero-order valence-corrected chi connectivity index (χ0v) is 6.73. The fourth-order valence-electron chi connectivity index (χ4n) is 0.489. The van der Waals surface area contributed by atoms with E-state index < -0.39 is 5.97 Å². The molecule has 1 unspecified atom stereocenters. The predicted molar refractivity (Wildman–Crippen MR) is 42.3 cm³/mol. The van der Waals surface area contributed by atoms with Crippen LogP contribution in [-0.2, 0) is 0 Å². The second-order valence-electron chi connectivity index (χ2n) is 1.55. The summed E-state index contributed by atoms with van der Waals surface area (Å²) < 4.78 is 0. The second kappa shape index (κ2) is 3.96. The van der Waals surface area contributed by atoms with E-state index in [-0.39, 0.29) is 15.5 Å². The van der Waals surface area contributed by atoms with E-state index in [0.29, 0.717) is 0 Å². The monoisotopic (exact) mass is 157 g/mol. The minimum atomic E-state index is -0.942. The maximum atomic E-state index is 10.2. The third kappa shape index (κ3) is 2.11. The molecule has 1 rings (SSSR count). The minimum Gasteiger partial charge on any atom is -0.478 e.